The Morgan fingerprint density at radius 3 is 2.71 bits per heavy atom. The van der Waals surface area contributed by atoms with Crippen LogP contribution >= 0.6 is 0 Å². The quantitative estimate of drug-likeness (QED) is 0.783. The first-order valence-corrected chi connectivity index (χ1v) is 7.57. The summed E-state index contributed by atoms with van der Waals surface area (Å²) in [6.07, 6.45) is 3.65. The number of halogens is 2. The Hall–Kier alpha value is -1.20. The van der Waals surface area contributed by atoms with Gasteiger partial charge >= 0.3 is 6.61 Å². The van der Waals surface area contributed by atoms with Crippen LogP contribution in [0.2, 0.25) is 0 Å². The van der Waals surface area contributed by atoms with Gasteiger partial charge in [-0.05, 0) is 57.9 Å². The van der Waals surface area contributed by atoms with Gasteiger partial charge in [-0.1, -0.05) is 18.2 Å². The number of alkyl halides is 2. The topological polar surface area (TPSA) is 24.5 Å². The van der Waals surface area contributed by atoms with Crippen LogP contribution in [0.4, 0.5) is 8.78 Å². The molecule has 0 saturated carbocycles. The maximum Gasteiger partial charge on any atom is 0.387 e. The minimum absolute atomic E-state index is 0.263. The fraction of sp³-hybridized carbons (Fsp3) is 0.625. The van der Waals surface area contributed by atoms with Gasteiger partial charge in [-0.25, -0.2) is 0 Å². The molecule has 5 heteroatoms. The summed E-state index contributed by atoms with van der Waals surface area (Å²) in [6.45, 7) is 1.06. The van der Waals surface area contributed by atoms with Crippen LogP contribution in [0.1, 0.15) is 24.8 Å². The van der Waals surface area contributed by atoms with Gasteiger partial charge in [0.15, 0.2) is 0 Å². The van der Waals surface area contributed by atoms with E-state index in [-0.39, 0.29) is 5.75 Å². The number of ether oxygens (including phenoxy) is 1. The number of hydrogen-bond acceptors (Lipinski definition) is 3. The highest BCUT2D eigenvalue weighted by atomic mass is 19.3. The van der Waals surface area contributed by atoms with Gasteiger partial charge in [-0.2, -0.15) is 8.78 Å². The third-order valence-electron chi connectivity index (χ3n) is 4.07. The van der Waals surface area contributed by atoms with Gasteiger partial charge in [-0.3, -0.25) is 0 Å². The first kappa shape index (κ1) is 16.2. The summed E-state index contributed by atoms with van der Waals surface area (Å²) in [4.78, 5) is 2.36. The summed E-state index contributed by atoms with van der Waals surface area (Å²) in [5, 5.41) is 3.34. The number of benzene rings is 1. The highest BCUT2D eigenvalue weighted by Gasteiger charge is 2.16. The molecule has 3 nitrogen and oxygen atoms in total. The lowest BCUT2D eigenvalue weighted by molar-refractivity contribution is -0.0504. The number of para-hydroxylation sites is 1. The van der Waals surface area contributed by atoms with Crippen molar-refractivity contribution in [1.29, 1.82) is 0 Å². The molecule has 0 radical (unpaired) electrons. The fourth-order valence-corrected chi connectivity index (χ4v) is 2.74. The minimum atomic E-state index is -2.77. The van der Waals surface area contributed by atoms with Crippen LogP contribution in [0.5, 0.6) is 5.75 Å². The predicted molar refractivity (Wildman–Crippen MR) is 79.6 cm³/mol. The summed E-state index contributed by atoms with van der Waals surface area (Å²) >= 11 is 0. The Morgan fingerprint density at radius 2 is 2.00 bits per heavy atom. The lowest BCUT2D eigenvalue weighted by atomic mass is 9.94. The zero-order chi connectivity index (χ0) is 15.1. The van der Waals surface area contributed by atoms with E-state index < -0.39 is 6.61 Å². The molecule has 1 N–H and O–H groups in total. The summed E-state index contributed by atoms with van der Waals surface area (Å²) in [5.41, 5.74) is 0.779. The third kappa shape index (κ3) is 5.59. The molecule has 0 amide bonds. The van der Waals surface area contributed by atoms with Crippen molar-refractivity contribution in [3.8, 4) is 5.75 Å². The van der Waals surface area contributed by atoms with Crippen molar-refractivity contribution in [1.82, 2.24) is 10.2 Å². The average molecular weight is 298 g/mol. The lowest BCUT2D eigenvalue weighted by Gasteiger charge is -2.28. The van der Waals surface area contributed by atoms with E-state index in [0.29, 0.717) is 6.54 Å². The van der Waals surface area contributed by atoms with Gasteiger partial charge in [0.25, 0.3) is 0 Å². The molecule has 2 rings (SSSR count). The number of nitrogens with one attached hydrogen (secondary N) is 1. The first-order chi connectivity index (χ1) is 10.1. The van der Waals surface area contributed by atoms with Crippen molar-refractivity contribution in [3.63, 3.8) is 0 Å². The molecule has 118 valence electrons. The van der Waals surface area contributed by atoms with Crippen LogP contribution in [-0.4, -0.2) is 38.2 Å². The zero-order valence-corrected chi connectivity index (χ0v) is 12.5. The maximum atomic E-state index is 12.3. The van der Waals surface area contributed by atoms with Crippen LogP contribution in [0, 0.1) is 5.92 Å². The van der Waals surface area contributed by atoms with Crippen LogP contribution in [0.15, 0.2) is 24.3 Å². The Balaban J connectivity index is 1.71. The molecule has 1 heterocycles. The molecule has 0 aliphatic carbocycles. The average Bonchev–Trinajstić information content (AvgIpc) is 2.46. The van der Waals surface area contributed by atoms with Gasteiger partial charge in [-0.15, -0.1) is 0 Å². The highest BCUT2D eigenvalue weighted by molar-refractivity contribution is 5.33. The summed E-state index contributed by atoms with van der Waals surface area (Å²) in [5.74, 6) is 1.04. The monoisotopic (exact) mass is 298 g/mol. The van der Waals surface area contributed by atoms with Crippen LogP contribution in [0.25, 0.3) is 0 Å². The Labute approximate surface area is 125 Å². The Morgan fingerprint density at radius 1 is 1.29 bits per heavy atom. The van der Waals surface area contributed by atoms with Crippen molar-refractivity contribution in [3.05, 3.63) is 29.8 Å². The van der Waals surface area contributed by atoms with Gasteiger partial charge < -0.3 is 15.0 Å². The van der Waals surface area contributed by atoms with Crippen molar-refractivity contribution in [2.24, 2.45) is 5.92 Å². The van der Waals surface area contributed by atoms with Crippen LogP contribution in [-0.2, 0) is 6.54 Å². The number of nitrogens with zero attached hydrogens (tertiary/aromatic N) is 1. The molecular formula is C16H24F2N2O. The summed E-state index contributed by atoms with van der Waals surface area (Å²) in [7, 11) is 2.16. The summed E-state index contributed by atoms with van der Waals surface area (Å²) in [6, 6.07) is 6.95. The van der Waals surface area contributed by atoms with E-state index in [0.717, 1.165) is 24.4 Å². The maximum absolute atomic E-state index is 12.3. The van der Waals surface area contributed by atoms with E-state index in [4.69, 9.17) is 0 Å². The van der Waals surface area contributed by atoms with E-state index in [2.05, 4.69) is 22.0 Å². The number of piperidine rings is 1. The van der Waals surface area contributed by atoms with Gasteiger partial charge in [0.05, 0.1) is 0 Å². The first-order valence-electron chi connectivity index (χ1n) is 7.57. The molecule has 1 aliphatic rings. The third-order valence-corrected chi connectivity index (χ3v) is 4.07. The second kappa shape index (κ2) is 8.29. The molecule has 0 atom stereocenters. The highest BCUT2D eigenvalue weighted by Crippen LogP contribution is 2.21. The Bertz CT molecular complexity index is 420. The zero-order valence-electron chi connectivity index (χ0n) is 12.5. The van der Waals surface area contributed by atoms with E-state index in [1.165, 1.54) is 25.9 Å². The minimum Gasteiger partial charge on any atom is -0.434 e. The van der Waals surface area contributed by atoms with Crippen molar-refractivity contribution >= 4 is 0 Å². The number of likely N-dealkylation sites (tertiary alicyclic amines) is 1. The second-order valence-electron chi connectivity index (χ2n) is 5.70. The molecule has 1 saturated heterocycles. The molecule has 21 heavy (non-hydrogen) atoms. The number of hydrogen-bond donors (Lipinski definition) is 1. The van der Waals surface area contributed by atoms with Crippen molar-refractivity contribution < 1.29 is 13.5 Å². The van der Waals surface area contributed by atoms with Crippen LogP contribution in [0.3, 0.4) is 0 Å². The SMILES string of the molecule is CN1CCC(CCNCc2ccccc2OC(F)F)CC1. The normalized spacial score (nSPS) is 17.3. The smallest absolute Gasteiger partial charge is 0.387 e. The Kier molecular flexibility index (Phi) is 6.39. The largest absolute Gasteiger partial charge is 0.434 e. The summed E-state index contributed by atoms with van der Waals surface area (Å²) < 4.78 is 29.2. The van der Waals surface area contributed by atoms with Crippen molar-refractivity contribution in [2.45, 2.75) is 32.4 Å². The second-order valence-corrected chi connectivity index (χ2v) is 5.70. The van der Waals surface area contributed by atoms with Gasteiger partial charge in [0.1, 0.15) is 5.75 Å². The van der Waals surface area contributed by atoms with Gasteiger partial charge in [0.2, 0.25) is 0 Å². The predicted octanol–water partition coefficient (Wildman–Crippen LogP) is 3.11. The fourth-order valence-electron chi connectivity index (χ4n) is 2.74. The van der Waals surface area contributed by atoms with Crippen molar-refractivity contribution in [2.75, 3.05) is 26.7 Å². The molecule has 1 aromatic carbocycles. The van der Waals surface area contributed by atoms with E-state index in [1.54, 1.807) is 12.1 Å². The lowest BCUT2D eigenvalue weighted by Crippen LogP contribution is -2.31. The van der Waals surface area contributed by atoms with E-state index in [1.807, 2.05) is 12.1 Å². The molecule has 0 bridgehead atoms. The number of rotatable bonds is 7. The molecule has 0 spiro atoms. The molecule has 1 fully saturated rings. The molecule has 0 aromatic heterocycles. The molecule has 0 unspecified atom stereocenters. The molecule has 1 aliphatic heterocycles. The van der Waals surface area contributed by atoms with E-state index in [9.17, 15) is 8.78 Å². The van der Waals surface area contributed by atoms with E-state index >= 15 is 0 Å². The van der Waals surface area contributed by atoms with Crippen LogP contribution < -0.4 is 10.1 Å². The standard InChI is InChI=1S/C16H24F2N2O/c1-20-10-7-13(8-11-20)6-9-19-12-14-4-2-3-5-15(14)21-16(17)18/h2-5,13,16,19H,6-12H2,1H3. The molecule has 1 aromatic rings. The molecular weight excluding hydrogens is 274 g/mol. The van der Waals surface area contributed by atoms with Gasteiger partial charge in [0, 0.05) is 12.1 Å².